The molecule has 1 aromatic heterocycles. The molecule has 0 fully saturated rings. The van der Waals surface area contributed by atoms with Crippen LogP contribution in [-0.2, 0) is 34.4 Å². The number of amides is 1. The van der Waals surface area contributed by atoms with Gasteiger partial charge in [0.05, 0.1) is 18.7 Å². The zero-order valence-corrected chi connectivity index (χ0v) is 19.0. The summed E-state index contributed by atoms with van der Waals surface area (Å²) in [5, 5.41) is 3.37. The second-order valence-corrected chi connectivity index (χ2v) is 10.8. The molecule has 2 aromatic carbocycles. The van der Waals surface area contributed by atoms with E-state index in [-0.39, 0.29) is 18.9 Å². The summed E-state index contributed by atoms with van der Waals surface area (Å²) in [7, 11) is -0.416. The number of carbonyl (C=O) groups excluding carboxylic acids is 1. The topological polar surface area (TPSA) is 82.6 Å². The van der Waals surface area contributed by atoms with Crippen molar-refractivity contribution in [3.05, 3.63) is 70.7 Å². The quantitative estimate of drug-likeness (QED) is 0.618. The highest BCUT2D eigenvalue weighted by atomic mass is 32.2. The van der Waals surface area contributed by atoms with Crippen LogP contribution in [0.2, 0.25) is 0 Å². The van der Waals surface area contributed by atoms with Crippen molar-refractivity contribution < 1.29 is 13.2 Å². The van der Waals surface area contributed by atoms with Gasteiger partial charge in [-0.1, -0.05) is 54.6 Å². The van der Waals surface area contributed by atoms with Crippen LogP contribution < -0.4 is 5.32 Å². The Morgan fingerprint density at radius 2 is 1.77 bits per heavy atom. The Kier molecular flexibility index (Phi) is 6.19. The van der Waals surface area contributed by atoms with Gasteiger partial charge in [-0.3, -0.25) is 4.79 Å². The van der Waals surface area contributed by atoms with Crippen molar-refractivity contribution in [3.8, 4) is 11.1 Å². The number of nitrogens with zero attached hydrogens (tertiary/aromatic N) is 3. The lowest BCUT2D eigenvalue weighted by atomic mass is 10.0. The molecule has 1 aliphatic rings. The van der Waals surface area contributed by atoms with E-state index >= 15 is 0 Å². The molecule has 1 N–H and O–H groups in total. The fourth-order valence-electron chi connectivity index (χ4n) is 3.45. The molecular formula is C22H24N4O3S2. The van der Waals surface area contributed by atoms with Crippen LogP contribution in [-0.4, -0.2) is 48.6 Å². The van der Waals surface area contributed by atoms with Crippen LogP contribution in [0.15, 0.2) is 54.6 Å². The van der Waals surface area contributed by atoms with Gasteiger partial charge in [-0.05, 0) is 16.7 Å². The van der Waals surface area contributed by atoms with Gasteiger partial charge in [0.25, 0.3) is 10.2 Å². The van der Waals surface area contributed by atoms with E-state index in [0.717, 1.165) is 27.3 Å². The minimum atomic E-state index is -3.46. The maximum absolute atomic E-state index is 12.5. The molecule has 0 radical (unpaired) electrons. The van der Waals surface area contributed by atoms with Crippen molar-refractivity contribution in [3.63, 3.8) is 0 Å². The maximum atomic E-state index is 12.5. The normalized spacial score (nSPS) is 14.4. The number of carbonyl (C=O) groups is 1. The van der Waals surface area contributed by atoms with E-state index in [9.17, 15) is 13.2 Å². The number of fused-ring (bicyclic) bond motifs is 1. The molecule has 2 heterocycles. The maximum Gasteiger partial charge on any atom is 0.281 e. The Hall–Kier alpha value is -2.59. The number of nitrogens with one attached hydrogen (secondary N) is 1. The first-order chi connectivity index (χ1) is 14.8. The third-order valence-corrected chi connectivity index (χ3v) is 8.04. The molecule has 9 heteroatoms. The predicted molar refractivity (Wildman–Crippen MR) is 123 cm³/mol. The van der Waals surface area contributed by atoms with Gasteiger partial charge < -0.3 is 5.32 Å². The molecule has 0 unspecified atom stereocenters. The second-order valence-electron chi connectivity index (χ2n) is 7.55. The SMILES string of the molecule is CN(C)S(=O)(=O)N1CCc2nc(NC(=O)Cc3ccc(-c4ccccc4)cc3)sc2C1. The average molecular weight is 457 g/mol. The summed E-state index contributed by atoms with van der Waals surface area (Å²) in [5.41, 5.74) is 4.02. The van der Waals surface area contributed by atoms with Gasteiger partial charge in [-0.2, -0.15) is 17.0 Å². The summed E-state index contributed by atoms with van der Waals surface area (Å²) in [6.45, 7) is 0.669. The number of anilines is 1. The van der Waals surface area contributed by atoms with Crippen molar-refractivity contribution in [1.29, 1.82) is 0 Å². The number of hydrogen-bond acceptors (Lipinski definition) is 5. The minimum absolute atomic E-state index is 0.142. The summed E-state index contributed by atoms with van der Waals surface area (Å²) in [6.07, 6.45) is 0.788. The standard InChI is InChI=1S/C22H24N4O3S2/c1-25(2)31(28,29)26-13-12-19-20(15-26)30-22(23-19)24-21(27)14-16-8-10-18(11-9-16)17-6-4-3-5-7-17/h3-11H,12-15H2,1-2H3,(H,23,24,27). The Morgan fingerprint density at radius 1 is 1.10 bits per heavy atom. The van der Waals surface area contributed by atoms with E-state index < -0.39 is 10.2 Å². The Morgan fingerprint density at radius 3 is 2.45 bits per heavy atom. The first-order valence-electron chi connectivity index (χ1n) is 9.93. The van der Waals surface area contributed by atoms with Crippen LogP contribution in [0.25, 0.3) is 11.1 Å². The number of hydrogen-bond donors (Lipinski definition) is 1. The van der Waals surface area contributed by atoms with E-state index in [4.69, 9.17) is 0 Å². The first kappa shape index (κ1) is 21.6. The third kappa shape index (κ3) is 4.85. The molecule has 162 valence electrons. The summed E-state index contributed by atoms with van der Waals surface area (Å²) in [4.78, 5) is 17.9. The Labute approximate surface area is 186 Å². The molecule has 0 bridgehead atoms. The van der Waals surface area contributed by atoms with E-state index in [1.54, 1.807) is 0 Å². The lowest BCUT2D eigenvalue weighted by Crippen LogP contribution is -2.42. The van der Waals surface area contributed by atoms with Gasteiger partial charge in [0.1, 0.15) is 0 Å². The van der Waals surface area contributed by atoms with Gasteiger partial charge >= 0.3 is 0 Å². The molecule has 4 rings (SSSR count). The fourth-order valence-corrected chi connectivity index (χ4v) is 5.65. The highest BCUT2D eigenvalue weighted by molar-refractivity contribution is 7.86. The molecule has 0 saturated carbocycles. The van der Waals surface area contributed by atoms with Crippen LogP contribution in [0.3, 0.4) is 0 Å². The molecule has 0 atom stereocenters. The molecule has 7 nitrogen and oxygen atoms in total. The van der Waals surface area contributed by atoms with Crippen molar-refractivity contribution >= 4 is 32.6 Å². The smallest absolute Gasteiger partial charge is 0.281 e. The molecule has 1 aliphatic heterocycles. The highest BCUT2D eigenvalue weighted by Crippen LogP contribution is 2.30. The van der Waals surface area contributed by atoms with Crippen molar-refractivity contribution in [1.82, 2.24) is 13.6 Å². The van der Waals surface area contributed by atoms with Crippen LogP contribution in [0.4, 0.5) is 5.13 Å². The van der Waals surface area contributed by atoms with Gasteiger partial charge in [-0.25, -0.2) is 4.98 Å². The molecule has 0 saturated heterocycles. The Balaban J connectivity index is 1.39. The first-order valence-corrected chi connectivity index (χ1v) is 12.1. The number of thiazole rings is 1. The van der Waals surface area contributed by atoms with Crippen LogP contribution in [0, 0.1) is 0 Å². The second kappa shape index (κ2) is 8.88. The average Bonchev–Trinajstić information content (AvgIpc) is 3.16. The molecule has 0 aliphatic carbocycles. The largest absolute Gasteiger partial charge is 0.302 e. The molecule has 1 amide bonds. The molecule has 31 heavy (non-hydrogen) atoms. The minimum Gasteiger partial charge on any atom is -0.302 e. The van der Waals surface area contributed by atoms with Crippen LogP contribution >= 0.6 is 11.3 Å². The molecule has 3 aromatic rings. The number of benzene rings is 2. The van der Waals surface area contributed by atoms with Gasteiger partial charge in [0.15, 0.2) is 5.13 Å². The Bertz CT molecular complexity index is 1170. The number of aromatic nitrogens is 1. The zero-order valence-electron chi connectivity index (χ0n) is 17.4. The van der Waals surface area contributed by atoms with E-state index in [0.29, 0.717) is 18.1 Å². The van der Waals surface area contributed by atoms with Crippen LogP contribution in [0.1, 0.15) is 16.1 Å². The molecule has 0 spiro atoms. The number of rotatable bonds is 6. The van der Waals surface area contributed by atoms with Crippen LogP contribution in [0.5, 0.6) is 0 Å². The van der Waals surface area contributed by atoms with Gasteiger partial charge in [-0.15, -0.1) is 11.3 Å². The predicted octanol–water partition coefficient (Wildman–Crippen LogP) is 3.16. The fraction of sp³-hybridized carbons (Fsp3) is 0.273. The third-order valence-electron chi connectivity index (χ3n) is 5.16. The summed E-state index contributed by atoms with van der Waals surface area (Å²) < 4.78 is 27.4. The van der Waals surface area contributed by atoms with Gasteiger partial charge in [0.2, 0.25) is 5.91 Å². The molecular weight excluding hydrogens is 432 g/mol. The van der Waals surface area contributed by atoms with Crippen molar-refractivity contribution in [2.24, 2.45) is 0 Å². The summed E-state index contributed by atoms with van der Waals surface area (Å²) in [5.74, 6) is -0.142. The monoisotopic (exact) mass is 456 g/mol. The van der Waals surface area contributed by atoms with E-state index in [2.05, 4.69) is 22.4 Å². The lowest BCUT2D eigenvalue weighted by Gasteiger charge is -2.27. The summed E-state index contributed by atoms with van der Waals surface area (Å²) in [6, 6.07) is 18.0. The van der Waals surface area contributed by atoms with Crippen molar-refractivity contribution in [2.75, 3.05) is 26.0 Å². The van der Waals surface area contributed by atoms with E-state index in [1.807, 2.05) is 42.5 Å². The van der Waals surface area contributed by atoms with E-state index in [1.165, 1.54) is 34.0 Å². The van der Waals surface area contributed by atoms with Gasteiger partial charge in [0, 0.05) is 31.9 Å². The zero-order chi connectivity index (χ0) is 22.0. The highest BCUT2D eigenvalue weighted by Gasteiger charge is 2.30. The summed E-state index contributed by atoms with van der Waals surface area (Å²) >= 11 is 1.34. The lowest BCUT2D eigenvalue weighted by molar-refractivity contribution is -0.115. The van der Waals surface area contributed by atoms with Crippen molar-refractivity contribution in [2.45, 2.75) is 19.4 Å².